The van der Waals surface area contributed by atoms with Gasteiger partial charge in [-0.1, -0.05) is 48.5 Å². The number of fused-ring (bicyclic) bond motifs is 1. The fourth-order valence-corrected chi connectivity index (χ4v) is 2.92. The van der Waals surface area contributed by atoms with Crippen LogP contribution in [0.25, 0.3) is 10.9 Å². The Morgan fingerprint density at radius 2 is 1.62 bits per heavy atom. The van der Waals surface area contributed by atoms with Crippen LogP contribution in [-0.2, 0) is 13.0 Å². The van der Waals surface area contributed by atoms with Gasteiger partial charge in [0.15, 0.2) is 0 Å². The first-order valence-corrected chi connectivity index (χ1v) is 7.55. The third kappa shape index (κ3) is 3.34. The topological polar surface area (TPSA) is 15.8 Å². The van der Waals surface area contributed by atoms with Crippen molar-refractivity contribution in [3.8, 4) is 0 Å². The van der Waals surface area contributed by atoms with E-state index in [-0.39, 0.29) is 0 Å². The van der Waals surface area contributed by atoms with Gasteiger partial charge in [0.2, 0.25) is 0 Å². The second-order valence-electron chi connectivity index (χ2n) is 6.41. The minimum Gasteiger partial charge on any atom is -0.361 e. The molecular formula is C19H23N2+. The maximum absolute atomic E-state index is 3.37. The number of aromatic amines is 1. The number of nitrogens with one attached hydrogen (secondary N) is 1. The summed E-state index contributed by atoms with van der Waals surface area (Å²) in [6.45, 7) is 2.21. The van der Waals surface area contributed by atoms with E-state index in [1.807, 2.05) is 0 Å². The number of hydrogen-bond donors (Lipinski definition) is 1. The second-order valence-corrected chi connectivity index (χ2v) is 6.41. The highest BCUT2D eigenvalue weighted by molar-refractivity contribution is 5.82. The van der Waals surface area contributed by atoms with Gasteiger partial charge in [0.1, 0.15) is 6.54 Å². The largest absolute Gasteiger partial charge is 0.361 e. The summed E-state index contributed by atoms with van der Waals surface area (Å²) in [5, 5.41) is 1.36. The quantitative estimate of drug-likeness (QED) is 0.680. The second kappa shape index (κ2) is 5.74. The molecule has 21 heavy (non-hydrogen) atoms. The highest BCUT2D eigenvalue weighted by Gasteiger charge is 2.16. The van der Waals surface area contributed by atoms with E-state index in [1.54, 1.807) is 0 Å². The predicted octanol–water partition coefficient (Wildman–Crippen LogP) is 3.99. The van der Waals surface area contributed by atoms with Gasteiger partial charge in [0.25, 0.3) is 0 Å². The standard InChI is InChI=1S/C19H23N2/c1-21(2,15-16-8-4-3-5-9-16)13-12-17-14-20-19-11-7-6-10-18(17)19/h3-11,14,20H,12-13,15H2,1-2H3/q+1. The number of aromatic nitrogens is 1. The third-order valence-electron chi connectivity index (χ3n) is 4.11. The molecule has 0 aliphatic carbocycles. The monoisotopic (exact) mass is 279 g/mol. The molecule has 0 amide bonds. The summed E-state index contributed by atoms with van der Waals surface area (Å²) in [4.78, 5) is 3.37. The summed E-state index contributed by atoms with van der Waals surface area (Å²) in [6.07, 6.45) is 3.26. The number of nitrogens with zero attached hydrogens (tertiary/aromatic N) is 1. The van der Waals surface area contributed by atoms with Gasteiger partial charge in [-0.15, -0.1) is 0 Å². The Balaban J connectivity index is 1.69. The van der Waals surface area contributed by atoms with E-state index in [2.05, 4.69) is 79.9 Å². The number of likely N-dealkylation sites (N-methyl/N-ethyl adjacent to an activating group) is 1. The normalized spacial score (nSPS) is 11.9. The fraction of sp³-hybridized carbons (Fsp3) is 0.263. The molecule has 0 radical (unpaired) electrons. The minimum absolute atomic E-state index is 1.00. The van der Waals surface area contributed by atoms with Crippen molar-refractivity contribution in [3.05, 3.63) is 71.9 Å². The van der Waals surface area contributed by atoms with Gasteiger partial charge in [0.05, 0.1) is 20.6 Å². The molecule has 0 aliphatic rings. The first-order chi connectivity index (χ1) is 10.1. The van der Waals surface area contributed by atoms with Crippen molar-refractivity contribution in [1.29, 1.82) is 0 Å². The van der Waals surface area contributed by atoms with E-state index in [0.717, 1.165) is 24.0 Å². The lowest BCUT2D eigenvalue weighted by atomic mass is 10.1. The Morgan fingerprint density at radius 1 is 0.905 bits per heavy atom. The minimum atomic E-state index is 1.00. The van der Waals surface area contributed by atoms with Crippen molar-refractivity contribution < 1.29 is 4.48 Å². The van der Waals surface area contributed by atoms with Gasteiger partial charge in [-0.2, -0.15) is 0 Å². The van der Waals surface area contributed by atoms with Crippen LogP contribution in [0.15, 0.2) is 60.8 Å². The predicted molar refractivity (Wildman–Crippen MR) is 89.1 cm³/mol. The Morgan fingerprint density at radius 3 is 2.43 bits per heavy atom. The summed E-state index contributed by atoms with van der Waals surface area (Å²) >= 11 is 0. The lowest BCUT2D eigenvalue weighted by Gasteiger charge is -2.30. The highest BCUT2D eigenvalue weighted by atomic mass is 15.3. The molecule has 108 valence electrons. The van der Waals surface area contributed by atoms with Gasteiger partial charge >= 0.3 is 0 Å². The highest BCUT2D eigenvalue weighted by Crippen LogP contribution is 2.19. The van der Waals surface area contributed by atoms with Crippen LogP contribution in [0, 0.1) is 0 Å². The molecular weight excluding hydrogens is 256 g/mol. The van der Waals surface area contributed by atoms with Crippen LogP contribution in [0.4, 0.5) is 0 Å². The van der Waals surface area contributed by atoms with Crippen LogP contribution in [0.3, 0.4) is 0 Å². The molecule has 1 aromatic heterocycles. The summed E-state index contributed by atoms with van der Waals surface area (Å²) in [5.74, 6) is 0. The molecule has 0 fully saturated rings. The Bertz CT molecular complexity index is 711. The van der Waals surface area contributed by atoms with Gasteiger partial charge in [0, 0.05) is 29.1 Å². The van der Waals surface area contributed by atoms with Crippen molar-refractivity contribution in [2.45, 2.75) is 13.0 Å². The molecule has 2 nitrogen and oxygen atoms in total. The summed E-state index contributed by atoms with van der Waals surface area (Å²) in [6, 6.07) is 19.3. The lowest BCUT2D eigenvalue weighted by molar-refractivity contribution is -0.903. The molecule has 0 aliphatic heterocycles. The Labute approximate surface area is 126 Å². The van der Waals surface area contributed by atoms with Crippen LogP contribution in [0.2, 0.25) is 0 Å². The van der Waals surface area contributed by atoms with Crippen LogP contribution in [0.5, 0.6) is 0 Å². The zero-order chi connectivity index (χ0) is 14.7. The van der Waals surface area contributed by atoms with Crippen LogP contribution < -0.4 is 0 Å². The van der Waals surface area contributed by atoms with E-state index in [4.69, 9.17) is 0 Å². The molecule has 0 spiro atoms. The van der Waals surface area contributed by atoms with E-state index < -0.39 is 0 Å². The smallest absolute Gasteiger partial charge is 0.104 e. The molecule has 0 atom stereocenters. The summed E-state index contributed by atoms with van der Waals surface area (Å²) < 4.78 is 1.00. The first kappa shape index (κ1) is 13.9. The number of para-hydroxylation sites is 1. The zero-order valence-electron chi connectivity index (χ0n) is 12.8. The molecule has 2 aromatic carbocycles. The van der Waals surface area contributed by atoms with Gasteiger partial charge in [-0.05, 0) is 11.6 Å². The molecule has 3 rings (SSSR count). The summed E-state index contributed by atoms with van der Waals surface area (Å²) in [7, 11) is 4.61. The average molecular weight is 279 g/mol. The molecule has 1 heterocycles. The SMILES string of the molecule is C[N+](C)(CCc1c[nH]c2ccccc12)Cc1ccccc1. The number of hydrogen-bond acceptors (Lipinski definition) is 0. The van der Waals surface area contributed by atoms with Gasteiger partial charge in [-0.25, -0.2) is 0 Å². The lowest BCUT2D eigenvalue weighted by Crippen LogP contribution is -2.40. The maximum Gasteiger partial charge on any atom is 0.104 e. The van der Waals surface area contributed by atoms with Crippen molar-refractivity contribution >= 4 is 10.9 Å². The molecule has 0 saturated heterocycles. The van der Waals surface area contributed by atoms with Crippen molar-refractivity contribution in [2.24, 2.45) is 0 Å². The Kier molecular flexibility index (Phi) is 3.80. The van der Waals surface area contributed by atoms with Gasteiger partial charge in [-0.3, -0.25) is 0 Å². The Hall–Kier alpha value is -2.06. The molecule has 0 unspecified atom stereocenters. The van der Waals surface area contributed by atoms with E-state index in [9.17, 15) is 0 Å². The van der Waals surface area contributed by atoms with E-state index in [1.165, 1.54) is 22.0 Å². The molecule has 2 heteroatoms. The zero-order valence-corrected chi connectivity index (χ0v) is 12.8. The van der Waals surface area contributed by atoms with Gasteiger partial charge < -0.3 is 9.47 Å². The number of benzene rings is 2. The van der Waals surface area contributed by atoms with E-state index >= 15 is 0 Å². The average Bonchev–Trinajstić information content (AvgIpc) is 2.89. The maximum atomic E-state index is 3.37. The van der Waals surface area contributed by atoms with E-state index in [0.29, 0.717) is 0 Å². The number of H-pyrrole nitrogens is 1. The first-order valence-electron chi connectivity index (χ1n) is 7.55. The van der Waals surface area contributed by atoms with Crippen LogP contribution in [-0.4, -0.2) is 30.1 Å². The number of quaternary nitrogens is 1. The van der Waals surface area contributed by atoms with Crippen molar-refractivity contribution in [1.82, 2.24) is 4.98 Å². The van der Waals surface area contributed by atoms with Crippen LogP contribution >= 0.6 is 0 Å². The van der Waals surface area contributed by atoms with Crippen LogP contribution in [0.1, 0.15) is 11.1 Å². The molecule has 0 bridgehead atoms. The van der Waals surface area contributed by atoms with Crippen molar-refractivity contribution in [2.75, 3.05) is 20.6 Å². The summed E-state index contributed by atoms with van der Waals surface area (Å²) in [5.41, 5.74) is 4.06. The third-order valence-corrected chi connectivity index (χ3v) is 4.11. The fourth-order valence-electron chi connectivity index (χ4n) is 2.92. The number of rotatable bonds is 5. The van der Waals surface area contributed by atoms with Crippen molar-refractivity contribution in [3.63, 3.8) is 0 Å². The molecule has 3 aromatic rings. The molecule has 0 saturated carbocycles. The molecule has 1 N–H and O–H groups in total.